The first-order valence-electron chi connectivity index (χ1n) is 6.91. The molecule has 112 valence electrons. The number of pyridine rings is 1. The molecular formula is C17H16N2O3. The van der Waals surface area contributed by atoms with E-state index in [2.05, 4.69) is 4.98 Å². The SMILES string of the molecule is CCOC(=O)c1cc(C)nc(OCc2ccccc2)c1C#N. The molecule has 0 spiro atoms. The van der Waals surface area contributed by atoms with Crippen molar-refractivity contribution >= 4 is 5.97 Å². The minimum atomic E-state index is -0.547. The number of hydrogen-bond donors (Lipinski definition) is 0. The van der Waals surface area contributed by atoms with Crippen LogP contribution >= 0.6 is 0 Å². The molecule has 0 radical (unpaired) electrons. The number of hydrogen-bond acceptors (Lipinski definition) is 5. The molecule has 0 unspecified atom stereocenters. The van der Waals surface area contributed by atoms with Gasteiger partial charge in [-0.2, -0.15) is 5.26 Å². The van der Waals surface area contributed by atoms with E-state index in [0.717, 1.165) is 5.56 Å². The Morgan fingerprint density at radius 1 is 1.32 bits per heavy atom. The largest absolute Gasteiger partial charge is 0.472 e. The lowest BCUT2D eigenvalue weighted by atomic mass is 10.1. The van der Waals surface area contributed by atoms with E-state index in [1.807, 2.05) is 36.4 Å². The standard InChI is InChI=1S/C17H16N2O3/c1-3-21-17(20)14-9-12(2)19-16(15(14)10-18)22-11-13-7-5-4-6-8-13/h4-9H,3,11H2,1-2H3. The first kappa shape index (κ1) is 15.5. The van der Waals surface area contributed by atoms with E-state index in [1.165, 1.54) is 6.07 Å². The van der Waals surface area contributed by atoms with Gasteiger partial charge in [0.2, 0.25) is 5.88 Å². The molecule has 0 N–H and O–H groups in total. The lowest BCUT2D eigenvalue weighted by Crippen LogP contribution is -2.10. The van der Waals surface area contributed by atoms with Crippen molar-refractivity contribution in [3.8, 4) is 11.9 Å². The summed E-state index contributed by atoms with van der Waals surface area (Å²) < 4.78 is 10.6. The second-order valence-electron chi connectivity index (χ2n) is 4.60. The van der Waals surface area contributed by atoms with E-state index >= 15 is 0 Å². The van der Waals surface area contributed by atoms with Crippen molar-refractivity contribution in [2.24, 2.45) is 0 Å². The van der Waals surface area contributed by atoms with Gasteiger partial charge in [0.25, 0.3) is 0 Å². The van der Waals surface area contributed by atoms with E-state index in [4.69, 9.17) is 9.47 Å². The first-order chi connectivity index (χ1) is 10.7. The molecule has 5 nitrogen and oxygen atoms in total. The number of ether oxygens (including phenoxy) is 2. The second kappa shape index (κ2) is 7.23. The molecule has 0 aliphatic rings. The number of carbonyl (C=O) groups is 1. The molecule has 1 aromatic carbocycles. The fourth-order valence-electron chi connectivity index (χ4n) is 1.95. The van der Waals surface area contributed by atoms with Crippen LogP contribution < -0.4 is 4.74 Å². The van der Waals surface area contributed by atoms with Gasteiger partial charge in [-0.05, 0) is 25.5 Å². The Morgan fingerprint density at radius 2 is 2.05 bits per heavy atom. The summed E-state index contributed by atoms with van der Waals surface area (Å²) in [6, 6.07) is 13.0. The summed E-state index contributed by atoms with van der Waals surface area (Å²) in [4.78, 5) is 16.2. The molecule has 0 atom stereocenters. The normalized spacial score (nSPS) is 9.86. The molecule has 5 heteroatoms. The molecule has 1 heterocycles. The van der Waals surface area contributed by atoms with Gasteiger partial charge in [0.1, 0.15) is 18.2 Å². The van der Waals surface area contributed by atoms with Crippen LogP contribution in [0.4, 0.5) is 0 Å². The molecule has 0 amide bonds. The highest BCUT2D eigenvalue weighted by molar-refractivity contribution is 5.93. The van der Waals surface area contributed by atoms with E-state index in [0.29, 0.717) is 5.69 Å². The zero-order valence-corrected chi connectivity index (χ0v) is 12.5. The summed E-state index contributed by atoms with van der Waals surface area (Å²) >= 11 is 0. The number of aryl methyl sites for hydroxylation is 1. The number of nitriles is 1. The number of esters is 1. The Bertz CT molecular complexity index is 706. The number of benzene rings is 1. The Hall–Kier alpha value is -2.87. The molecule has 0 aliphatic heterocycles. The molecule has 2 rings (SSSR count). The number of rotatable bonds is 5. The predicted molar refractivity (Wildman–Crippen MR) is 80.4 cm³/mol. The minimum absolute atomic E-state index is 0.0972. The van der Waals surface area contributed by atoms with Gasteiger partial charge in [-0.25, -0.2) is 9.78 Å². The zero-order chi connectivity index (χ0) is 15.9. The molecule has 1 aromatic heterocycles. The molecule has 0 fully saturated rings. The van der Waals surface area contributed by atoms with Crippen LogP contribution in [0.15, 0.2) is 36.4 Å². The molecule has 0 saturated carbocycles. The molecular weight excluding hydrogens is 280 g/mol. The highest BCUT2D eigenvalue weighted by Crippen LogP contribution is 2.22. The highest BCUT2D eigenvalue weighted by Gasteiger charge is 2.19. The van der Waals surface area contributed by atoms with Crippen LogP contribution in [-0.2, 0) is 11.3 Å². The van der Waals surface area contributed by atoms with Crippen molar-refractivity contribution in [2.75, 3.05) is 6.61 Å². The number of nitrogens with zero attached hydrogens (tertiary/aromatic N) is 2. The third kappa shape index (κ3) is 3.61. The van der Waals surface area contributed by atoms with E-state index in [1.54, 1.807) is 13.8 Å². The van der Waals surface area contributed by atoms with Crippen molar-refractivity contribution in [3.05, 3.63) is 58.8 Å². The number of carbonyl (C=O) groups excluding carboxylic acids is 1. The van der Waals surface area contributed by atoms with Crippen LogP contribution in [0.1, 0.15) is 34.1 Å². The fourth-order valence-corrected chi connectivity index (χ4v) is 1.95. The van der Waals surface area contributed by atoms with Crippen LogP contribution in [0.5, 0.6) is 5.88 Å². The van der Waals surface area contributed by atoms with Gasteiger partial charge in [-0.15, -0.1) is 0 Å². The van der Waals surface area contributed by atoms with Gasteiger partial charge < -0.3 is 9.47 Å². The molecule has 0 saturated heterocycles. The summed E-state index contributed by atoms with van der Waals surface area (Å²) in [5, 5.41) is 9.33. The maximum Gasteiger partial charge on any atom is 0.339 e. The lowest BCUT2D eigenvalue weighted by molar-refractivity contribution is 0.0525. The second-order valence-corrected chi connectivity index (χ2v) is 4.60. The molecule has 0 aliphatic carbocycles. The number of aromatic nitrogens is 1. The van der Waals surface area contributed by atoms with Gasteiger partial charge in [-0.3, -0.25) is 0 Å². The van der Waals surface area contributed by atoms with Gasteiger partial charge >= 0.3 is 5.97 Å². The Kier molecular flexibility index (Phi) is 5.10. The van der Waals surface area contributed by atoms with E-state index in [9.17, 15) is 10.1 Å². The monoisotopic (exact) mass is 296 g/mol. The summed E-state index contributed by atoms with van der Waals surface area (Å²) in [5.74, 6) is -0.400. The van der Waals surface area contributed by atoms with Crippen LogP contribution in [0, 0.1) is 18.3 Å². The van der Waals surface area contributed by atoms with Crippen LogP contribution in [0.2, 0.25) is 0 Å². The highest BCUT2D eigenvalue weighted by atomic mass is 16.5. The summed E-state index contributed by atoms with van der Waals surface area (Å²) in [6.45, 7) is 3.96. The fraction of sp³-hybridized carbons (Fsp3) is 0.235. The summed E-state index contributed by atoms with van der Waals surface area (Å²) in [6.07, 6.45) is 0. The minimum Gasteiger partial charge on any atom is -0.472 e. The lowest BCUT2D eigenvalue weighted by Gasteiger charge is -2.11. The summed E-state index contributed by atoms with van der Waals surface area (Å²) in [7, 11) is 0. The average Bonchev–Trinajstić information content (AvgIpc) is 2.53. The maximum atomic E-state index is 11.9. The van der Waals surface area contributed by atoms with Gasteiger partial charge in [0.05, 0.1) is 12.2 Å². The third-order valence-corrected chi connectivity index (χ3v) is 2.94. The van der Waals surface area contributed by atoms with Gasteiger partial charge in [0.15, 0.2) is 0 Å². The molecule has 0 bridgehead atoms. The zero-order valence-electron chi connectivity index (χ0n) is 12.5. The molecule has 22 heavy (non-hydrogen) atoms. The van der Waals surface area contributed by atoms with Crippen molar-refractivity contribution in [1.82, 2.24) is 4.98 Å². The van der Waals surface area contributed by atoms with Crippen LogP contribution in [0.25, 0.3) is 0 Å². The first-order valence-corrected chi connectivity index (χ1v) is 6.91. The third-order valence-electron chi connectivity index (χ3n) is 2.94. The summed E-state index contributed by atoms with van der Waals surface area (Å²) in [5.41, 5.74) is 1.82. The maximum absolute atomic E-state index is 11.9. The van der Waals surface area contributed by atoms with E-state index in [-0.39, 0.29) is 30.2 Å². The average molecular weight is 296 g/mol. The van der Waals surface area contributed by atoms with Crippen LogP contribution in [-0.4, -0.2) is 17.6 Å². The Labute approximate surface area is 129 Å². The van der Waals surface area contributed by atoms with Crippen LogP contribution in [0.3, 0.4) is 0 Å². The van der Waals surface area contributed by atoms with E-state index < -0.39 is 5.97 Å². The van der Waals surface area contributed by atoms with Crippen molar-refractivity contribution in [2.45, 2.75) is 20.5 Å². The topological polar surface area (TPSA) is 72.2 Å². The van der Waals surface area contributed by atoms with Crippen molar-refractivity contribution in [3.63, 3.8) is 0 Å². The quantitative estimate of drug-likeness (QED) is 0.793. The smallest absolute Gasteiger partial charge is 0.339 e. The Morgan fingerprint density at radius 3 is 2.68 bits per heavy atom. The van der Waals surface area contributed by atoms with Crippen molar-refractivity contribution < 1.29 is 14.3 Å². The van der Waals surface area contributed by atoms with Gasteiger partial charge in [-0.1, -0.05) is 30.3 Å². The van der Waals surface area contributed by atoms with Gasteiger partial charge in [0, 0.05) is 5.69 Å². The Balaban J connectivity index is 2.31. The van der Waals surface area contributed by atoms with Crippen molar-refractivity contribution in [1.29, 1.82) is 5.26 Å². The predicted octanol–water partition coefficient (Wildman–Crippen LogP) is 3.02. The molecule has 2 aromatic rings.